The summed E-state index contributed by atoms with van der Waals surface area (Å²) in [6, 6.07) is 0. The van der Waals surface area contributed by atoms with Crippen LogP contribution in [0.2, 0.25) is 0 Å². The van der Waals surface area contributed by atoms with Crippen LogP contribution < -0.4 is 10.6 Å². The SMILES string of the molecule is CC(C)CC(C)(C)CNCCN1CCNCC1. The molecule has 102 valence electrons. The Labute approximate surface area is 107 Å². The van der Waals surface area contributed by atoms with Gasteiger partial charge < -0.3 is 10.6 Å². The number of hydrogen-bond donors (Lipinski definition) is 2. The Morgan fingerprint density at radius 2 is 1.88 bits per heavy atom. The highest BCUT2D eigenvalue weighted by atomic mass is 15.2. The molecule has 1 aliphatic heterocycles. The molecule has 3 heteroatoms. The average molecular weight is 241 g/mol. The molecule has 0 unspecified atom stereocenters. The molecule has 0 aromatic carbocycles. The first-order chi connectivity index (χ1) is 7.99. The van der Waals surface area contributed by atoms with E-state index in [1.807, 2.05) is 0 Å². The molecule has 17 heavy (non-hydrogen) atoms. The topological polar surface area (TPSA) is 27.3 Å². The van der Waals surface area contributed by atoms with Crippen molar-refractivity contribution in [3.63, 3.8) is 0 Å². The largest absolute Gasteiger partial charge is 0.315 e. The van der Waals surface area contributed by atoms with Crippen LogP contribution in [0.15, 0.2) is 0 Å². The van der Waals surface area contributed by atoms with Crippen molar-refractivity contribution in [2.75, 3.05) is 45.8 Å². The first kappa shape index (κ1) is 14.9. The lowest BCUT2D eigenvalue weighted by atomic mass is 9.84. The monoisotopic (exact) mass is 241 g/mol. The van der Waals surface area contributed by atoms with E-state index in [4.69, 9.17) is 0 Å². The molecule has 2 N–H and O–H groups in total. The Morgan fingerprint density at radius 3 is 2.47 bits per heavy atom. The van der Waals surface area contributed by atoms with E-state index in [2.05, 4.69) is 43.2 Å². The van der Waals surface area contributed by atoms with Crippen LogP contribution in [0.4, 0.5) is 0 Å². The Morgan fingerprint density at radius 1 is 1.24 bits per heavy atom. The van der Waals surface area contributed by atoms with Crippen molar-refractivity contribution in [1.82, 2.24) is 15.5 Å². The molecule has 1 saturated heterocycles. The van der Waals surface area contributed by atoms with Gasteiger partial charge in [-0.25, -0.2) is 0 Å². The molecule has 0 aromatic heterocycles. The molecule has 0 saturated carbocycles. The van der Waals surface area contributed by atoms with Gasteiger partial charge in [-0.05, 0) is 17.8 Å². The normalized spacial score (nSPS) is 18.9. The summed E-state index contributed by atoms with van der Waals surface area (Å²) >= 11 is 0. The van der Waals surface area contributed by atoms with Gasteiger partial charge in [-0.2, -0.15) is 0 Å². The predicted octanol–water partition coefficient (Wildman–Crippen LogP) is 1.55. The van der Waals surface area contributed by atoms with Crippen molar-refractivity contribution < 1.29 is 0 Å². The number of piperazine rings is 1. The van der Waals surface area contributed by atoms with Gasteiger partial charge in [0, 0.05) is 45.8 Å². The van der Waals surface area contributed by atoms with Crippen LogP contribution in [-0.4, -0.2) is 50.7 Å². The average Bonchev–Trinajstić information content (AvgIpc) is 2.24. The lowest BCUT2D eigenvalue weighted by Crippen LogP contribution is -2.46. The maximum absolute atomic E-state index is 3.62. The first-order valence-corrected chi connectivity index (χ1v) is 7.13. The van der Waals surface area contributed by atoms with Gasteiger partial charge in [0.25, 0.3) is 0 Å². The summed E-state index contributed by atoms with van der Waals surface area (Å²) < 4.78 is 0. The zero-order valence-electron chi connectivity index (χ0n) is 12.2. The molecule has 1 aliphatic rings. The minimum atomic E-state index is 0.428. The molecular formula is C14H31N3. The van der Waals surface area contributed by atoms with Crippen LogP contribution in [0.25, 0.3) is 0 Å². The first-order valence-electron chi connectivity index (χ1n) is 7.13. The molecule has 0 atom stereocenters. The van der Waals surface area contributed by atoms with E-state index in [9.17, 15) is 0 Å². The molecule has 1 rings (SSSR count). The van der Waals surface area contributed by atoms with Gasteiger partial charge in [-0.3, -0.25) is 4.90 Å². The molecule has 0 bridgehead atoms. The van der Waals surface area contributed by atoms with E-state index >= 15 is 0 Å². The number of nitrogens with zero attached hydrogens (tertiary/aromatic N) is 1. The van der Waals surface area contributed by atoms with Gasteiger partial charge in [0.15, 0.2) is 0 Å². The minimum absolute atomic E-state index is 0.428. The van der Waals surface area contributed by atoms with Gasteiger partial charge in [0.1, 0.15) is 0 Å². The third-order valence-electron chi connectivity index (χ3n) is 3.38. The van der Waals surface area contributed by atoms with E-state index in [-0.39, 0.29) is 0 Å². The van der Waals surface area contributed by atoms with Gasteiger partial charge in [-0.1, -0.05) is 27.7 Å². The van der Waals surface area contributed by atoms with Crippen LogP contribution in [0.1, 0.15) is 34.1 Å². The number of hydrogen-bond acceptors (Lipinski definition) is 3. The lowest BCUT2D eigenvalue weighted by Gasteiger charge is -2.29. The van der Waals surface area contributed by atoms with Gasteiger partial charge in [-0.15, -0.1) is 0 Å². The summed E-state index contributed by atoms with van der Waals surface area (Å²) in [5, 5.41) is 7.01. The molecular weight excluding hydrogens is 210 g/mol. The van der Waals surface area contributed by atoms with Crippen LogP contribution in [0.3, 0.4) is 0 Å². The zero-order chi connectivity index (χ0) is 12.7. The smallest absolute Gasteiger partial charge is 0.0108 e. The standard InChI is InChI=1S/C14H31N3/c1-13(2)11-14(3,4)12-16-7-10-17-8-5-15-6-9-17/h13,15-16H,5-12H2,1-4H3. The fraction of sp³-hybridized carbons (Fsp3) is 1.00. The summed E-state index contributed by atoms with van der Waals surface area (Å²) in [7, 11) is 0. The Kier molecular flexibility index (Phi) is 6.45. The van der Waals surface area contributed by atoms with E-state index < -0.39 is 0 Å². The fourth-order valence-electron chi connectivity index (χ4n) is 2.78. The van der Waals surface area contributed by atoms with Gasteiger partial charge in [0.05, 0.1) is 0 Å². The Hall–Kier alpha value is -0.120. The third kappa shape index (κ3) is 7.02. The molecule has 1 heterocycles. The summed E-state index contributed by atoms with van der Waals surface area (Å²) in [4.78, 5) is 2.54. The van der Waals surface area contributed by atoms with Crippen molar-refractivity contribution in [2.45, 2.75) is 34.1 Å². The maximum atomic E-state index is 3.62. The van der Waals surface area contributed by atoms with Crippen molar-refractivity contribution in [3.05, 3.63) is 0 Å². The highest BCUT2D eigenvalue weighted by Crippen LogP contribution is 2.23. The summed E-state index contributed by atoms with van der Waals surface area (Å²) in [5.41, 5.74) is 0.428. The van der Waals surface area contributed by atoms with Gasteiger partial charge >= 0.3 is 0 Å². The summed E-state index contributed by atoms with van der Waals surface area (Å²) in [6.07, 6.45) is 1.30. The highest BCUT2D eigenvalue weighted by molar-refractivity contribution is 4.74. The Balaban J connectivity index is 2.06. The van der Waals surface area contributed by atoms with Crippen LogP contribution in [0.5, 0.6) is 0 Å². The molecule has 0 radical (unpaired) electrons. The molecule has 0 spiro atoms. The molecule has 1 fully saturated rings. The highest BCUT2D eigenvalue weighted by Gasteiger charge is 2.18. The molecule has 0 amide bonds. The number of rotatable bonds is 7. The van der Waals surface area contributed by atoms with E-state index in [0.717, 1.165) is 32.1 Å². The van der Waals surface area contributed by atoms with Crippen molar-refractivity contribution >= 4 is 0 Å². The van der Waals surface area contributed by atoms with Gasteiger partial charge in [0.2, 0.25) is 0 Å². The third-order valence-corrected chi connectivity index (χ3v) is 3.38. The van der Waals surface area contributed by atoms with E-state index in [0.29, 0.717) is 5.41 Å². The number of nitrogens with one attached hydrogen (secondary N) is 2. The van der Waals surface area contributed by atoms with Crippen molar-refractivity contribution in [1.29, 1.82) is 0 Å². The molecule has 3 nitrogen and oxygen atoms in total. The van der Waals surface area contributed by atoms with Crippen LogP contribution >= 0.6 is 0 Å². The maximum Gasteiger partial charge on any atom is 0.0108 e. The molecule has 0 aliphatic carbocycles. The van der Waals surface area contributed by atoms with Crippen LogP contribution in [-0.2, 0) is 0 Å². The summed E-state index contributed by atoms with van der Waals surface area (Å²) in [6.45, 7) is 17.5. The predicted molar refractivity (Wildman–Crippen MR) is 75.4 cm³/mol. The second kappa shape index (κ2) is 7.34. The minimum Gasteiger partial charge on any atom is -0.315 e. The second-order valence-electron chi connectivity index (χ2n) is 6.53. The molecule has 0 aromatic rings. The van der Waals surface area contributed by atoms with Crippen molar-refractivity contribution in [3.8, 4) is 0 Å². The zero-order valence-corrected chi connectivity index (χ0v) is 12.2. The second-order valence-corrected chi connectivity index (χ2v) is 6.53. The quantitative estimate of drug-likeness (QED) is 0.662. The van der Waals surface area contributed by atoms with Crippen molar-refractivity contribution in [2.24, 2.45) is 11.3 Å². The fourth-order valence-corrected chi connectivity index (χ4v) is 2.78. The Bertz CT molecular complexity index is 196. The van der Waals surface area contributed by atoms with E-state index in [1.165, 1.54) is 26.1 Å². The van der Waals surface area contributed by atoms with E-state index in [1.54, 1.807) is 0 Å². The lowest BCUT2D eigenvalue weighted by molar-refractivity contribution is 0.228. The van der Waals surface area contributed by atoms with Crippen LogP contribution in [0, 0.1) is 11.3 Å². The summed E-state index contributed by atoms with van der Waals surface area (Å²) in [5.74, 6) is 0.792.